The van der Waals surface area contributed by atoms with Crippen LogP contribution in [0.3, 0.4) is 0 Å². The summed E-state index contributed by atoms with van der Waals surface area (Å²) in [6.07, 6.45) is 13.3. The zero-order chi connectivity index (χ0) is 12.0. The Morgan fingerprint density at radius 2 is 2.00 bits per heavy atom. The second-order valence-corrected chi connectivity index (χ2v) is 5.94. The quantitative estimate of drug-likeness (QED) is 0.692. The summed E-state index contributed by atoms with van der Waals surface area (Å²) in [4.78, 5) is 0. The lowest BCUT2D eigenvalue weighted by Gasteiger charge is -2.40. The van der Waals surface area contributed by atoms with Gasteiger partial charge in [-0.2, -0.15) is 0 Å². The number of halogens is 1. The third-order valence-electron chi connectivity index (χ3n) is 3.86. The van der Waals surface area contributed by atoms with Crippen molar-refractivity contribution in [1.29, 1.82) is 0 Å². The molecule has 0 aromatic rings. The lowest BCUT2D eigenvalue weighted by atomic mass is 9.82. The average molecular weight is 350 g/mol. The molecule has 1 unspecified atom stereocenters. The molecule has 98 valence electrons. The summed E-state index contributed by atoms with van der Waals surface area (Å²) in [6, 6.07) is 0. The van der Waals surface area contributed by atoms with Crippen molar-refractivity contribution in [2.75, 3.05) is 6.61 Å². The first-order chi connectivity index (χ1) is 8.35. The van der Waals surface area contributed by atoms with Crippen molar-refractivity contribution in [1.82, 2.24) is 0 Å². The van der Waals surface area contributed by atoms with E-state index in [1.165, 1.54) is 44.9 Å². The van der Waals surface area contributed by atoms with Gasteiger partial charge in [-0.1, -0.05) is 47.9 Å². The molecule has 2 nitrogen and oxygen atoms in total. The van der Waals surface area contributed by atoms with Crippen molar-refractivity contribution < 1.29 is 9.47 Å². The number of ether oxygens (including phenoxy) is 2. The molecule has 0 amide bonds. The van der Waals surface area contributed by atoms with Gasteiger partial charge in [0, 0.05) is 6.61 Å². The number of hydrogen-bond donors (Lipinski definition) is 0. The van der Waals surface area contributed by atoms with E-state index in [2.05, 4.69) is 32.7 Å². The largest absolute Gasteiger partial charge is 0.353 e. The molecule has 0 spiro atoms. The van der Waals surface area contributed by atoms with Crippen molar-refractivity contribution >= 4 is 22.6 Å². The molecule has 0 aromatic heterocycles. The van der Waals surface area contributed by atoms with Crippen LogP contribution in [-0.4, -0.2) is 18.5 Å². The Balaban J connectivity index is 1.93. The van der Waals surface area contributed by atoms with Crippen molar-refractivity contribution in [3.63, 3.8) is 0 Å². The van der Waals surface area contributed by atoms with Crippen LogP contribution in [0.25, 0.3) is 0 Å². The molecule has 17 heavy (non-hydrogen) atoms. The van der Waals surface area contributed by atoms with Crippen LogP contribution in [-0.2, 0) is 9.47 Å². The molecule has 1 heterocycles. The minimum absolute atomic E-state index is 0.0597. The monoisotopic (exact) mass is 350 g/mol. The Kier molecular flexibility index (Phi) is 5.77. The van der Waals surface area contributed by atoms with Gasteiger partial charge in [0.05, 0.1) is 5.60 Å². The maximum Gasteiger partial charge on any atom is 0.158 e. The van der Waals surface area contributed by atoms with Crippen molar-refractivity contribution in [2.45, 2.75) is 69.7 Å². The third-order valence-corrected chi connectivity index (χ3v) is 4.37. The maximum absolute atomic E-state index is 6.35. The van der Waals surface area contributed by atoms with E-state index >= 15 is 0 Å². The summed E-state index contributed by atoms with van der Waals surface area (Å²) in [5, 5.41) is 0. The molecule has 0 N–H and O–H groups in total. The van der Waals surface area contributed by atoms with Crippen LogP contribution in [0.15, 0.2) is 10.2 Å². The van der Waals surface area contributed by atoms with Gasteiger partial charge >= 0.3 is 0 Å². The van der Waals surface area contributed by atoms with Crippen LogP contribution in [0.2, 0.25) is 0 Å². The fraction of sp³-hybridized carbons (Fsp3) is 0.857. The minimum atomic E-state index is 0.0597. The SMILES string of the molecule is IC=CCC1(OC2CCCCO2)CCCCC1. The van der Waals surface area contributed by atoms with Gasteiger partial charge in [0.15, 0.2) is 6.29 Å². The zero-order valence-electron chi connectivity index (χ0n) is 10.5. The first kappa shape index (κ1) is 13.8. The van der Waals surface area contributed by atoms with Gasteiger partial charge in [-0.05, 0) is 42.6 Å². The number of rotatable bonds is 4. The van der Waals surface area contributed by atoms with Crippen LogP contribution in [0, 0.1) is 0 Å². The van der Waals surface area contributed by atoms with Gasteiger partial charge in [0.2, 0.25) is 0 Å². The Hall–Kier alpha value is 0.390. The molecular formula is C14H23IO2. The molecule has 1 aliphatic carbocycles. The molecule has 0 aromatic carbocycles. The standard InChI is InChI=1S/C14H23IO2/c15-11-6-10-14(8-3-1-4-9-14)17-13-7-2-5-12-16-13/h6,11,13H,1-5,7-10,12H2. The Morgan fingerprint density at radius 3 is 2.65 bits per heavy atom. The van der Waals surface area contributed by atoms with E-state index in [-0.39, 0.29) is 11.9 Å². The summed E-state index contributed by atoms with van der Waals surface area (Å²) < 4.78 is 14.2. The van der Waals surface area contributed by atoms with Gasteiger partial charge in [-0.15, -0.1) is 0 Å². The second-order valence-electron chi connectivity index (χ2n) is 5.22. The fourth-order valence-electron chi connectivity index (χ4n) is 2.91. The predicted octanol–water partition coefficient (Wildman–Crippen LogP) is 4.57. The van der Waals surface area contributed by atoms with E-state index in [0.717, 1.165) is 19.4 Å². The highest BCUT2D eigenvalue weighted by Gasteiger charge is 2.35. The predicted molar refractivity (Wildman–Crippen MR) is 78.3 cm³/mol. The molecule has 3 heteroatoms. The van der Waals surface area contributed by atoms with E-state index in [0.29, 0.717) is 0 Å². The highest BCUT2D eigenvalue weighted by atomic mass is 127. The third kappa shape index (κ3) is 4.21. The Labute approximate surface area is 118 Å². The van der Waals surface area contributed by atoms with Crippen LogP contribution in [0.5, 0.6) is 0 Å². The minimum Gasteiger partial charge on any atom is -0.353 e. The van der Waals surface area contributed by atoms with E-state index < -0.39 is 0 Å². The van der Waals surface area contributed by atoms with Gasteiger partial charge in [0.1, 0.15) is 0 Å². The number of hydrogen-bond acceptors (Lipinski definition) is 2. The van der Waals surface area contributed by atoms with Crippen LogP contribution >= 0.6 is 22.6 Å². The van der Waals surface area contributed by atoms with Gasteiger partial charge in [-0.25, -0.2) is 0 Å². The highest BCUT2D eigenvalue weighted by Crippen LogP contribution is 2.37. The molecule has 2 aliphatic rings. The molecular weight excluding hydrogens is 327 g/mol. The Bertz CT molecular complexity index is 241. The summed E-state index contributed by atoms with van der Waals surface area (Å²) in [7, 11) is 0. The van der Waals surface area contributed by atoms with E-state index in [4.69, 9.17) is 9.47 Å². The van der Waals surface area contributed by atoms with Crippen LogP contribution in [0.4, 0.5) is 0 Å². The summed E-state index contributed by atoms with van der Waals surface area (Å²) >= 11 is 2.29. The Morgan fingerprint density at radius 1 is 1.18 bits per heavy atom. The van der Waals surface area contributed by atoms with Gasteiger partial charge < -0.3 is 9.47 Å². The molecule has 2 fully saturated rings. The molecule has 2 rings (SSSR count). The second kappa shape index (κ2) is 7.10. The molecule has 1 saturated heterocycles. The zero-order valence-corrected chi connectivity index (χ0v) is 12.7. The highest BCUT2D eigenvalue weighted by molar-refractivity contribution is 14.1. The average Bonchev–Trinajstić information content (AvgIpc) is 2.39. The maximum atomic E-state index is 6.35. The van der Waals surface area contributed by atoms with Crippen LogP contribution < -0.4 is 0 Å². The summed E-state index contributed by atoms with van der Waals surface area (Å²) in [5.74, 6) is 0. The lowest BCUT2D eigenvalue weighted by molar-refractivity contribution is -0.232. The molecule has 1 atom stereocenters. The summed E-state index contributed by atoms with van der Waals surface area (Å²) in [6.45, 7) is 0.878. The van der Waals surface area contributed by atoms with E-state index in [1.54, 1.807) is 0 Å². The van der Waals surface area contributed by atoms with Gasteiger partial charge in [-0.3, -0.25) is 0 Å². The first-order valence-corrected chi connectivity index (χ1v) is 8.14. The van der Waals surface area contributed by atoms with Crippen molar-refractivity contribution in [3.8, 4) is 0 Å². The van der Waals surface area contributed by atoms with Crippen molar-refractivity contribution in [2.24, 2.45) is 0 Å². The fourth-order valence-corrected chi connectivity index (χ4v) is 3.16. The molecule has 1 aliphatic heterocycles. The molecule has 0 bridgehead atoms. The van der Waals surface area contributed by atoms with Crippen LogP contribution in [0.1, 0.15) is 57.8 Å². The van der Waals surface area contributed by atoms with E-state index in [1.807, 2.05) is 0 Å². The van der Waals surface area contributed by atoms with E-state index in [9.17, 15) is 0 Å². The smallest absolute Gasteiger partial charge is 0.158 e. The molecule has 0 radical (unpaired) electrons. The summed E-state index contributed by atoms with van der Waals surface area (Å²) in [5.41, 5.74) is 0.0714. The topological polar surface area (TPSA) is 18.5 Å². The lowest BCUT2D eigenvalue weighted by Crippen LogP contribution is -2.40. The first-order valence-electron chi connectivity index (χ1n) is 6.89. The van der Waals surface area contributed by atoms with Crippen molar-refractivity contribution in [3.05, 3.63) is 10.2 Å². The molecule has 1 saturated carbocycles. The normalized spacial score (nSPS) is 29.6. The van der Waals surface area contributed by atoms with Gasteiger partial charge in [0.25, 0.3) is 0 Å².